The molecule has 0 radical (unpaired) electrons. The highest BCUT2D eigenvalue weighted by Gasteiger charge is 2.64. The normalized spacial score (nSPS) is 32.7. The van der Waals surface area contributed by atoms with Crippen LogP contribution in [0.2, 0.25) is 0 Å². The van der Waals surface area contributed by atoms with E-state index in [2.05, 4.69) is 5.32 Å². The van der Waals surface area contributed by atoms with Crippen molar-refractivity contribution in [3.63, 3.8) is 0 Å². The highest BCUT2D eigenvalue weighted by atomic mass is 35.5. The first kappa shape index (κ1) is 13.5. The van der Waals surface area contributed by atoms with Crippen molar-refractivity contribution < 1.29 is 19.5 Å². The van der Waals surface area contributed by atoms with Gasteiger partial charge in [0.2, 0.25) is 11.8 Å². The Morgan fingerprint density at radius 1 is 1.56 bits per heavy atom. The number of thioether (sulfide) groups is 1. The molecular weight excluding hydrogens is 280 g/mol. The number of hydrogen-bond donors (Lipinski definition) is 2. The average molecular weight is 293 g/mol. The maximum absolute atomic E-state index is 11.9. The molecular formula is C10H13ClN2O4S. The van der Waals surface area contributed by atoms with Crippen molar-refractivity contribution in [2.45, 2.75) is 36.1 Å². The summed E-state index contributed by atoms with van der Waals surface area (Å²) < 4.78 is -0.577. The van der Waals surface area contributed by atoms with E-state index in [0.717, 1.165) is 0 Å². The van der Waals surface area contributed by atoms with Crippen LogP contribution in [-0.4, -0.2) is 55.9 Å². The molecule has 6 nitrogen and oxygen atoms in total. The summed E-state index contributed by atoms with van der Waals surface area (Å²) in [6.45, 7) is 3.56. The molecule has 2 saturated heterocycles. The van der Waals surface area contributed by atoms with Crippen molar-refractivity contribution in [1.82, 2.24) is 10.2 Å². The van der Waals surface area contributed by atoms with Crippen molar-refractivity contribution in [2.75, 3.05) is 5.88 Å². The summed E-state index contributed by atoms with van der Waals surface area (Å²) in [4.78, 5) is 35.6. The number of rotatable bonds is 3. The van der Waals surface area contributed by atoms with E-state index >= 15 is 0 Å². The first-order valence-corrected chi connectivity index (χ1v) is 6.79. The SMILES string of the molecule is CC1(C)S[C@@H]2[C@H](NC(=O)CCl)C(=O)N2[C@H]1C(=O)O. The highest BCUT2D eigenvalue weighted by Crippen LogP contribution is 2.50. The molecule has 2 amide bonds. The van der Waals surface area contributed by atoms with Crippen LogP contribution >= 0.6 is 23.4 Å². The predicted molar refractivity (Wildman–Crippen MR) is 66.4 cm³/mol. The number of alkyl halides is 1. The minimum Gasteiger partial charge on any atom is -0.480 e. The minimum absolute atomic E-state index is 0.215. The van der Waals surface area contributed by atoms with E-state index < -0.39 is 28.7 Å². The van der Waals surface area contributed by atoms with Crippen LogP contribution in [0.5, 0.6) is 0 Å². The lowest BCUT2D eigenvalue weighted by atomic mass is 9.96. The van der Waals surface area contributed by atoms with E-state index in [1.165, 1.54) is 16.7 Å². The Morgan fingerprint density at radius 2 is 2.17 bits per heavy atom. The van der Waals surface area contributed by atoms with Gasteiger partial charge in [0.25, 0.3) is 0 Å². The zero-order valence-electron chi connectivity index (χ0n) is 9.84. The second-order valence-corrected chi connectivity index (χ2v) is 6.82. The van der Waals surface area contributed by atoms with Gasteiger partial charge in [0, 0.05) is 4.75 Å². The number of fused-ring (bicyclic) bond motifs is 1. The maximum Gasteiger partial charge on any atom is 0.327 e. The van der Waals surface area contributed by atoms with E-state index in [4.69, 9.17) is 11.6 Å². The molecule has 0 bridgehead atoms. The zero-order chi connectivity index (χ0) is 13.7. The van der Waals surface area contributed by atoms with Gasteiger partial charge in [-0.3, -0.25) is 9.59 Å². The fourth-order valence-electron chi connectivity index (χ4n) is 2.36. The standard InChI is InChI=1S/C10H13ClN2O4S/c1-10(2)6(9(16)17)13-7(15)5(8(13)18-10)12-4(14)3-11/h5-6,8H,3H2,1-2H3,(H,12,14)(H,16,17)/t5-,6+,8-/m1/s1. The summed E-state index contributed by atoms with van der Waals surface area (Å²) in [5, 5.41) is 11.4. The molecule has 2 fully saturated rings. The van der Waals surface area contributed by atoms with Gasteiger partial charge in [0.1, 0.15) is 23.3 Å². The summed E-state index contributed by atoms with van der Waals surface area (Å²) in [6.07, 6.45) is 0. The molecule has 0 saturated carbocycles. The third-order valence-electron chi connectivity index (χ3n) is 3.11. The molecule has 0 aliphatic carbocycles. The number of carboxylic acid groups (broad SMARTS) is 1. The Balaban J connectivity index is 2.16. The summed E-state index contributed by atoms with van der Waals surface area (Å²) in [5.41, 5.74) is 0. The summed E-state index contributed by atoms with van der Waals surface area (Å²) >= 11 is 6.75. The van der Waals surface area contributed by atoms with E-state index in [1.807, 2.05) is 0 Å². The Kier molecular flexibility index (Phi) is 3.23. The third-order valence-corrected chi connectivity index (χ3v) is 4.93. The highest BCUT2D eigenvalue weighted by molar-refractivity contribution is 8.01. The number of hydrogen-bond acceptors (Lipinski definition) is 4. The maximum atomic E-state index is 11.9. The van der Waals surface area contributed by atoms with E-state index in [9.17, 15) is 19.5 Å². The van der Waals surface area contributed by atoms with Crippen LogP contribution in [0.1, 0.15) is 13.8 Å². The Bertz CT molecular complexity index is 428. The lowest BCUT2D eigenvalue weighted by Crippen LogP contribution is -2.70. The van der Waals surface area contributed by atoms with Gasteiger partial charge < -0.3 is 15.3 Å². The Morgan fingerprint density at radius 3 is 2.67 bits per heavy atom. The second kappa shape index (κ2) is 4.31. The van der Waals surface area contributed by atoms with Crippen molar-refractivity contribution >= 4 is 41.1 Å². The van der Waals surface area contributed by atoms with Crippen LogP contribution in [0.15, 0.2) is 0 Å². The molecule has 0 aromatic heterocycles. The predicted octanol–water partition coefficient (Wildman–Crippen LogP) is -0.143. The third kappa shape index (κ3) is 1.85. The van der Waals surface area contributed by atoms with Crippen LogP contribution < -0.4 is 5.32 Å². The Labute approximate surface area is 113 Å². The minimum atomic E-state index is -1.02. The van der Waals surface area contributed by atoms with Gasteiger partial charge in [-0.1, -0.05) is 0 Å². The first-order chi connectivity index (χ1) is 8.29. The van der Waals surface area contributed by atoms with Crippen LogP contribution in [0.3, 0.4) is 0 Å². The number of carbonyl (C=O) groups is 3. The average Bonchev–Trinajstić information content (AvgIpc) is 2.54. The summed E-state index contributed by atoms with van der Waals surface area (Å²) in [7, 11) is 0. The molecule has 18 heavy (non-hydrogen) atoms. The number of nitrogens with one attached hydrogen (secondary N) is 1. The van der Waals surface area contributed by atoms with Crippen LogP contribution in [0, 0.1) is 0 Å². The van der Waals surface area contributed by atoms with Gasteiger partial charge in [0.05, 0.1) is 0 Å². The van der Waals surface area contributed by atoms with Gasteiger partial charge >= 0.3 is 5.97 Å². The van der Waals surface area contributed by atoms with Crippen LogP contribution in [0.25, 0.3) is 0 Å². The van der Waals surface area contributed by atoms with Crippen molar-refractivity contribution in [3.8, 4) is 0 Å². The molecule has 0 aromatic carbocycles. The quantitative estimate of drug-likeness (QED) is 0.558. The molecule has 8 heteroatoms. The lowest BCUT2D eigenvalue weighted by Gasteiger charge is -2.43. The largest absolute Gasteiger partial charge is 0.480 e. The second-order valence-electron chi connectivity index (χ2n) is 4.78. The van der Waals surface area contributed by atoms with Gasteiger partial charge in [-0.15, -0.1) is 23.4 Å². The molecule has 2 aliphatic heterocycles. The van der Waals surface area contributed by atoms with Gasteiger partial charge in [-0.2, -0.15) is 0 Å². The molecule has 2 heterocycles. The molecule has 3 atom stereocenters. The van der Waals surface area contributed by atoms with E-state index in [1.54, 1.807) is 13.8 Å². The molecule has 100 valence electrons. The lowest BCUT2D eigenvalue weighted by molar-refractivity contribution is -0.160. The number of amides is 2. The number of halogens is 1. The number of carboxylic acids is 1. The number of β-lactam (4-membered cyclic amide) rings is 1. The monoisotopic (exact) mass is 292 g/mol. The van der Waals surface area contributed by atoms with Crippen LogP contribution in [-0.2, 0) is 14.4 Å². The first-order valence-electron chi connectivity index (χ1n) is 5.37. The van der Waals surface area contributed by atoms with E-state index in [-0.39, 0.29) is 17.2 Å². The van der Waals surface area contributed by atoms with Gasteiger partial charge in [-0.25, -0.2) is 4.79 Å². The molecule has 2 rings (SSSR count). The fraction of sp³-hybridized carbons (Fsp3) is 0.700. The van der Waals surface area contributed by atoms with Crippen molar-refractivity contribution in [2.24, 2.45) is 0 Å². The zero-order valence-corrected chi connectivity index (χ0v) is 11.4. The molecule has 0 aromatic rings. The molecule has 2 aliphatic rings. The number of aliphatic carboxylic acids is 1. The molecule has 0 unspecified atom stereocenters. The van der Waals surface area contributed by atoms with E-state index in [0.29, 0.717) is 0 Å². The topological polar surface area (TPSA) is 86.7 Å². The van der Waals surface area contributed by atoms with Crippen molar-refractivity contribution in [3.05, 3.63) is 0 Å². The number of nitrogens with zero attached hydrogens (tertiary/aromatic N) is 1. The molecule has 0 spiro atoms. The molecule has 2 N–H and O–H groups in total. The smallest absolute Gasteiger partial charge is 0.327 e. The summed E-state index contributed by atoms with van der Waals surface area (Å²) in [5.74, 6) is -2.02. The van der Waals surface area contributed by atoms with Crippen molar-refractivity contribution in [1.29, 1.82) is 0 Å². The fourth-order valence-corrected chi connectivity index (χ4v) is 4.06. The van der Waals surface area contributed by atoms with Gasteiger partial charge in [-0.05, 0) is 13.8 Å². The Hall–Kier alpha value is -0.950. The van der Waals surface area contributed by atoms with Crippen LogP contribution in [0.4, 0.5) is 0 Å². The number of carbonyl (C=O) groups excluding carboxylic acids is 2. The van der Waals surface area contributed by atoms with Gasteiger partial charge in [0.15, 0.2) is 0 Å². The summed E-state index contributed by atoms with van der Waals surface area (Å²) in [6, 6.07) is -1.52.